The van der Waals surface area contributed by atoms with Gasteiger partial charge in [0, 0.05) is 0 Å². The summed E-state index contributed by atoms with van der Waals surface area (Å²) in [6.45, 7) is 0.330. The number of aromatic nitrogens is 3. The molecule has 1 aromatic carbocycles. The van der Waals surface area contributed by atoms with E-state index in [1.165, 1.54) is 17.3 Å². The number of ether oxygens (including phenoxy) is 1. The highest BCUT2D eigenvalue weighted by Crippen LogP contribution is 2.26. The van der Waals surface area contributed by atoms with Gasteiger partial charge in [0.2, 0.25) is 0 Å². The molecule has 20 heavy (non-hydrogen) atoms. The first-order valence-corrected chi connectivity index (χ1v) is 5.99. The minimum atomic E-state index is -0.504. The summed E-state index contributed by atoms with van der Waals surface area (Å²) >= 11 is 0. The number of benzene rings is 1. The van der Waals surface area contributed by atoms with E-state index in [0.717, 1.165) is 0 Å². The molecule has 2 aromatic rings. The molecule has 1 atom stereocenters. The van der Waals surface area contributed by atoms with Crippen LogP contribution in [0, 0.1) is 5.82 Å². The monoisotopic (exact) mass is 277 g/mol. The van der Waals surface area contributed by atoms with Crippen LogP contribution in [-0.4, -0.2) is 41.1 Å². The Morgan fingerprint density at radius 3 is 3.00 bits per heavy atom. The Morgan fingerprint density at radius 2 is 2.40 bits per heavy atom. The average Bonchev–Trinajstić information content (AvgIpc) is 3.07. The van der Waals surface area contributed by atoms with Gasteiger partial charge in [-0.1, -0.05) is 0 Å². The molecule has 1 fully saturated rings. The molecular formula is C12H12FN5O2. The van der Waals surface area contributed by atoms with E-state index in [1.807, 2.05) is 0 Å². The third kappa shape index (κ3) is 2.10. The summed E-state index contributed by atoms with van der Waals surface area (Å²) in [4.78, 5) is 16.9. The van der Waals surface area contributed by atoms with Crippen LogP contribution in [0.4, 0.5) is 14.9 Å². The molecule has 0 bridgehead atoms. The van der Waals surface area contributed by atoms with E-state index in [1.54, 1.807) is 19.2 Å². The molecule has 2 heterocycles. The van der Waals surface area contributed by atoms with Crippen molar-refractivity contribution < 1.29 is 13.9 Å². The number of likely N-dealkylation sites (N-methyl/N-ethyl adjacent to an activating group) is 1. The third-order valence-electron chi connectivity index (χ3n) is 3.07. The number of H-pyrrole nitrogens is 1. The smallest absolute Gasteiger partial charge is 0.416 e. The lowest BCUT2D eigenvalue weighted by Gasteiger charge is -2.13. The van der Waals surface area contributed by atoms with Crippen molar-refractivity contribution in [1.82, 2.24) is 20.5 Å². The number of carbonyl (C=O) groups excluding carboxylic acids is 1. The van der Waals surface area contributed by atoms with Crippen LogP contribution in [0.5, 0.6) is 0 Å². The lowest BCUT2D eigenvalue weighted by molar-refractivity contribution is 0.128. The SMILES string of the molecule is CNC1CN(c2ccc(-c3ncn[nH]3)c(F)c2)C(=O)O1. The zero-order valence-electron chi connectivity index (χ0n) is 10.6. The van der Waals surface area contributed by atoms with E-state index >= 15 is 0 Å². The summed E-state index contributed by atoms with van der Waals surface area (Å²) in [7, 11) is 1.69. The van der Waals surface area contributed by atoms with Gasteiger partial charge in [0.1, 0.15) is 12.1 Å². The number of nitrogens with one attached hydrogen (secondary N) is 2. The maximum absolute atomic E-state index is 14.1. The van der Waals surface area contributed by atoms with Crippen LogP contribution in [0.3, 0.4) is 0 Å². The number of hydrogen-bond acceptors (Lipinski definition) is 5. The van der Waals surface area contributed by atoms with E-state index < -0.39 is 11.9 Å². The van der Waals surface area contributed by atoms with E-state index in [0.29, 0.717) is 23.6 Å². The Hall–Kier alpha value is -2.48. The van der Waals surface area contributed by atoms with Crippen molar-refractivity contribution in [3.8, 4) is 11.4 Å². The molecule has 1 saturated heterocycles. The van der Waals surface area contributed by atoms with Gasteiger partial charge in [-0.2, -0.15) is 5.10 Å². The Labute approximate surface area is 113 Å². The van der Waals surface area contributed by atoms with Gasteiger partial charge in [-0.3, -0.25) is 15.3 Å². The molecule has 1 amide bonds. The van der Waals surface area contributed by atoms with Gasteiger partial charge in [-0.25, -0.2) is 14.2 Å². The molecule has 1 unspecified atom stereocenters. The first kappa shape index (κ1) is 12.5. The minimum absolute atomic E-state index is 0.295. The summed E-state index contributed by atoms with van der Waals surface area (Å²) in [5.41, 5.74) is 0.734. The van der Waals surface area contributed by atoms with Gasteiger partial charge >= 0.3 is 6.09 Å². The van der Waals surface area contributed by atoms with Crippen LogP contribution in [0.25, 0.3) is 11.4 Å². The fourth-order valence-electron chi connectivity index (χ4n) is 2.02. The lowest BCUT2D eigenvalue weighted by atomic mass is 10.1. The first-order valence-electron chi connectivity index (χ1n) is 5.99. The Bertz CT molecular complexity index is 631. The van der Waals surface area contributed by atoms with Crippen molar-refractivity contribution in [2.75, 3.05) is 18.5 Å². The maximum Gasteiger partial charge on any atom is 0.416 e. The number of hydrogen-bond donors (Lipinski definition) is 2. The van der Waals surface area contributed by atoms with E-state index in [9.17, 15) is 9.18 Å². The van der Waals surface area contributed by atoms with E-state index in [-0.39, 0.29) is 6.23 Å². The Morgan fingerprint density at radius 1 is 1.55 bits per heavy atom. The summed E-state index contributed by atoms with van der Waals surface area (Å²) < 4.78 is 19.1. The first-order chi connectivity index (χ1) is 9.69. The molecule has 0 spiro atoms. The number of amides is 1. The van der Waals surface area contributed by atoms with Gasteiger partial charge in [0.05, 0.1) is 17.8 Å². The summed E-state index contributed by atoms with van der Waals surface area (Å²) in [6, 6.07) is 4.46. The Balaban J connectivity index is 1.89. The second-order valence-electron chi connectivity index (χ2n) is 4.27. The number of nitrogens with zero attached hydrogens (tertiary/aromatic N) is 3. The second-order valence-corrected chi connectivity index (χ2v) is 4.27. The van der Waals surface area contributed by atoms with Crippen molar-refractivity contribution in [2.24, 2.45) is 0 Å². The van der Waals surface area contributed by atoms with Crippen molar-refractivity contribution in [3.63, 3.8) is 0 Å². The molecule has 7 nitrogen and oxygen atoms in total. The standard InChI is InChI=1S/C12H12FN5O2/c1-14-10-5-18(12(19)20-10)7-2-3-8(9(13)4-7)11-15-6-16-17-11/h2-4,6,10,14H,5H2,1H3,(H,15,16,17). The van der Waals surface area contributed by atoms with Crippen LogP contribution < -0.4 is 10.2 Å². The lowest BCUT2D eigenvalue weighted by Crippen LogP contribution is -2.30. The highest BCUT2D eigenvalue weighted by molar-refractivity contribution is 5.90. The summed E-state index contributed by atoms with van der Waals surface area (Å²) in [5.74, 6) is -0.147. The van der Waals surface area contributed by atoms with Gasteiger partial charge in [-0.05, 0) is 25.2 Å². The fourth-order valence-corrected chi connectivity index (χ4v) is 2.02. The van der Waals surface area contributed by atoms with Crippen LogP contribution in [-0.2, 0) is 4.74 Å². The molecule has 0 aliphatic carbocycles. The molecule has 0 saturated carbocycles. The Kier molecular flexibility index (Phi) is 3.07. The zero-order valence-corrected chi connectivity index (χ0v) is 10.6. The molecule has 1 aliphatic rings. The van der Waals surface area contributed by atoms with Crippen LogP contribution in [0.2, 0.25) is 0 Å². The number of aromatic amines is 1. The van der Waals surface area contributed by atoms with Gasteiger partial charge < -0.3 is 4.74 Å². The normalized spacial score (nSPS) is 18.4. The maximum atomic E-state index is 14.1. The van der Waals surface area contributed by atoms with Crippen LogP contribution in [0.15, 0.2) is 24.5 Å². The topological polar surface area (TPSA) is 83.1 Å². The molecule has 1 aromatic heterocycles. The molecular weight excluding hydrogens is 265 g/mol. The molecule has 3 rings (SSSR count). The molecule has 2 N–H and O–H groups in total. The van der Waals surface area contributed by atoms with Crippen molar-refractivity contribution in [2.45, 2.75) is 6.23 Å². The molecule has 104 valence electrons. The average molecular weight is 277 g/mol. The van der Waals surface area contributed by atoms with Gasteiger partial charge in [0.25, 0.3) is 0 Å². The van der Waals surface area contributed by atoms with Crippen LogP contribution >= 0.6 is 0 Å². The number of halogens is 1. The largest absolute Gasteiger partial charge is 0.428 e. The quantitative estimate of drug-likeness (QED) is 0.878. The minimum Gasteiger partial charge on any atom is -0.428 e. The number of anilines is 1. The number of carbonyl (C=O) groups is 1. The zero-order chi connectivity index (χ0) is 14.1. The number of cyclic esters (lactones) is 1. The predicted molar refractivity (Wildman–Crippen MR) is 68.5 cm³/mol. The summed E-state index contributed by atoms with van der Waals surface area (Å²) in [6.07, 6.45) is 0.411. The van der Waals surface area contributed by atoms with Gasteiger partial charge in [0.15, 0.2) is 12.1 Å². The fraction of sp³-hybridized carbons (Fsp3) is 0.250. The van der Waals surface area contributed by atoms with Crippen LogP contribution in [0.1, 0.15) is 0 Å². The summed E-state index contributed by atoms with van der Waals surface area (Å²) in [5, 5.41) is 9.11. The molecule has 1 aliphatic heterocycles. The van der Waals surface area contributed by atoms with Crippen molar-refractivity contribution in [3.05, 3.63) is 30.3 Å². The third-order valence-corrected chi connectivity index (χ3v) is 3.07. The van der Waals surface area contributed by atoms with Crippen molar-refractivity contribution in [1.29, 1.82) is 0 Å². The van der Waals surface area contributed by atoms with E-state index in [2.05, 4.69) is 20.5 Å². The highest BCUT2D eigenvalue weighted by atomic mass is 19.1. The van der Waals surface area contributed by atoms with E-state index in [4.69, 9.17) is 4.74 Å². The van der Waals surface area contributed by atoms with Gasteiger partial charge in [-0.15, -0.1) is 0 Å². The molecule has 8 heteroatoms. The van der Waals surface area contributed by atoms with Crippen molar-refractivity contribution >= 4 is 11.8 Å². The highest BCUT2D eigenvalue weighted by Gasteiger charge is 2.31. The molecule has 0 radical (unpaired) electrons. The number of rotatable bonds is 3. The second kappa shape index (κ2) is 4.89. The predicted octanol–water partition coefficient (Wildman–Crippen LogP) is 1.11.